The van der Waals surface area contributed by atoms with Crippen LogP contribution in [0.3, 0.4) is 0 Å². The Balaban J connectivity index is 1.72. The standard InChI is InChI=1S/C21H30O2/c1-4-13-6-8-17-16-7-5-14-11-15(22)12-19(23)21(14,3)18(16)9-10-20(13,17)2/h4,11,16-19,23H,5-10,12H2,1-3H3/t16-,17-,18-,19?,20+,21-/m0/s1. The fourth-order valence-electron chi connectivity index (χ4n) is 6.93. The Hall–Kier alpha value is -0.890. The maximum absolute atomic E-state index is 11.9. The molecule has 1 unspecified atom stereocenters. The lowest BCUT2D eigenvalue weighted by atomic mass is 9.46. The molecule has 0 spiro atoms. The highest BCUT2D eigenvalue weighted by atomic mass is 16.3. The van der Waals surface area contributed by atoms with Crippen LogP contribution in [0.1, 0.15) is 65.7 Å². The summed E-state index contributed by atoms with van der Waals surface area (Å²) < 4.78 is 0. The van der Waals surface area contributed by atoms with E-state index in [0.717, 1.165) is 18.3 Å². The Morgan fingerprint density at radius 3 is 2.70 bits per heavy atom. The molecule has 0 heterocycles. The summed E-state index contributed by atoms with van der Waals surface area (Å²) in [5.74, 6) is 2.17. The predicted molar refractivity (Wildman–Crippen MR) is 91.9 cm³/mol. The summed E-state index contributed by atoms with van der Waals surface area (Å²) >= 11 is 0. The van der Waals surface area contributed by atoms with E-state index in [9.17, 15) is 9.90 Å². The van der Waals surface area contributed by atoms with E-state index in [-0.39, 0.29) is 11.2 Å². The first-order chi connectivity index (χ1) is 10.9. The average molecular weight is 314 g/mol. The zero-order valence-electron chi connectivity index (χ0n) is 14.8. The molecule has 3 fully saturated rings. The second kappa shape index (κ2) is 5.05. The molecule has 6 atom stereocenters. The van der Waals surface area contributed by atoms with E-state index < -0.39 is 6.10 Å². The molecule has 3 saturated carbocycles. The van der Waals surface area contributed by atoms with Crippen LogP contribution in [-0.2, 0) is 4.79 Å². The van der Waals surface area contributed by atoms with E-state index in [1.54, 1.807) is 5.57 Å². The first-order valence-corrected chi connectivity index (χ1v) is 9.49. The van der Waals surface area contributed by atoms with Crippen LogP contribution in [0.2, 0.25) is 0 Å². The van der Waals surface area contributed by atoms with Crippen molar-refractivity contribution in [2.75, 3.05) is 0 Å². The fraction of sp³-hybridized carbons (Fsp3) is 0.762. The number of rotatable bonds is 0. The topological polar surface area (TPSA) is 37.3 Å². The lowest BCUT2D eigenvalue weighted by molar-refractivity contribution is -0.125. The van der Waals surface area contributed by atoms with Gasteiger partial charge in [-0.3, -0.25) is 4.79 Å². The van der Waals surface area contributed by atoms with Crippen LogP contribution in [0.15, 0.2) is 23.3 Å². The van der Waals surface area contributed by atoms with Crippen molar-refractivity contribution in [3.05, 3.63) is 23.3 Å². The zero-order chi connectivity index (χ0) is 16.4. The van der Waals surface area contributed by atoms with Crippen molar-refractivity contribution in [1.29, 1.82) is 0 Å². The van der Waals surface area contributed by atoms with Crippen molar-refractivity contribution in [2.45, 2.75) is 71.8 Å². The number of fused-ring (bicyclic) bond motifs is 5. The highest BCUT2D eigenvalue weighted by Gasteiger charge is 2.59. The van der Waals surface area contributed by atoms with Gasteiger partial charge in [-0.1, -0.05) is 31.1 Å². The number of allylic oxidation sites excluding steroid dienone is 2. The van der Waals surface area contributed by atoms with Gasteiger partial charge in [0.25, 0.3) is 0 Å². The van der Waals surface area contributed by atoms with Crippen molar-refractivity contribution in [3.63, 3.8) is 0 Å². The molecule has 126 valence electrons. The maximum atomic E-state index is 11.9. The van der Waals surface area contributed by atoms with Gasteiger partial charge in [0.2, 0.25) is 0 Å². The third-order valence-electron chi connectivity index (χ3n) is 8.26. The second-order valence-corrected chi connectivity index (χ2v) is 8.86. The summed E-state index contributed by atoms with van der Waals surface area (Å²) in [5, 5.41) is 10.8. The quantitative estimate of drug-likeness (QED) is 0.671. The van der Waals surface area contributed by atoms with Gasteiger partial charge in [0.05, 0.1) is 6.10 Å². The molecule has 0 aromatic heterocycles. The number of carbonyl (C=O) groups is 1. The van der Waals surface area contributed by atoms with E-state index in [2.05, 4.69) is 26.8 Å². The summed E-state index contributed by atoms with van der Waals surface area (Å²) in [6.45, 7) is 6.94. The summed E-state index contributed by atoms with van der Waals surface area (Å²) in [4.78, 5) is 11.9. The molecule has 23 heavy (non-hydrogen) atoms. The lowest BCUT2D eigenvalue weighted by Gasteiger charge is -2.58. The van der Waals surface area contributed by atoms with Gasteiger partial charge >= 0.3 is 0 Å². The molecule has 0 radical (unpaired) electrons. The molecule has 0 saturated heterocycles. The number of ketones is 1. The number of hydrogen-bond donors (Lipinski definition) is 1. The molecule has 0 aromatic carbocycles. The van der Waals surface area contributed by atoms with Crippen LogP contribution in [0.4, 0.5) is 0 Å². The van der Waals surface area contributed by atoms with Gasteiger partial charge in [-0.25, -0.2) is 0 Å². The van der Waals surface area contributed by atoms with Gasteiger partial charge in [-0.15, -0.1) is 0 Å². The second-order valence-electron chi connectivity index (χ2n) is 8.86. The van der Waals surface area contributed by atoms with Gasteiger partial charge in [0, 0.05) is 11.8 Å². The third-order valence-corrected chi connectivity index (χ3v) is 8.26. The lowest BCUT2D eigenvalue weighted by Crippen LogP contribution is -2.54. The minimum atomic E-state index is -0.477. The highest BCUT2D eigenvalue weighted by Crippen LogP contribution is 2.66. The Labute approximate surface area is 140 Å². The van der Waals surface area contributed by atoms with Crippen molar-refractivity contribution < 1.29 is 9.90 Å². The van der Waals surface area contributed by atoms with E-state index in [1.807, 2.05) is 6.08 Å². The number of hydrogen-bond acceptors (Lipinski definition) is 2. The van der Waals surface area contributed by atoms with Crippen LogP contribution in [0.25, 0.3) is 0 Å². The minimum absolute atomic E-state index is 0.126. The summed E-state index contributed by atoms with van der Waals surface area (Å²) in [6.07, 6.45) is 11.4. The van der Waals surface area contributed by atoms with Crippen molar-refractivity contribution >= 4 is 5.78 Å². The summed E-state index contributed by atoms with van der Waals surface area (Å²) in [7, 11) is 0. The average Bonchev–Trinajstić information content (AvgIpc) is 2.85. The Morgan fingerprint density at radius 2 is 1.96 bits per heavy atom. The molecule has 2 heteroatoms. The van der Waals surface area contributed by atoms with Crippen LogP contribution in [-0.4, -0.2) is 17.0 Å². The fourth-order valence-corrected chi connectivity index (χ4v) is 6.93. The summed E-state index contributed by atoms with van der Waals surface area (Å²) in [5.41, 5.74) is 3.15. The largest absolute Gasteiger partial charge is 0.392 e. The Kier molecular flexibility index (Phi) is 3.43. The molecule has 4 aliphatic rings. The van der Waals surface area contributed by atoms with Crippen LogP contribution in [0.5, 0.6) is 0 Å². The van der Waals surface area contributed by atoms with Gasteiger partial charge in [0.1, 0.15) is 0 Å². The Bertz CT molecular complexity index is 601. The van der Waals surface area contributed by atoms with E-state index >= 15 is 0 Å². The predicted octanol–water partition coefficient (Wildman–Crippen LogP) is 4.44. The number of aliphatic hydroxyl groups is 1. The molecule has 4 aliphatic carbocycles. The molecule has 0 aromatic rings. The van der Waals surface area contributed by atoms with Crippen LogP contribution >= 0.6 is 0 Å². The molecular weight excluding hydrogens is 284 g/mol. The van der Waals surface area contributed by atoms with Gasteiger partial charge in [-0.05, 0) is 74.7 Å². The Morgan fingerprint density at radius 1 is 1.17 bits per heavy atom. The molecule has 0 amide bonds. The van der Waals surface area contributed by atoms with Crippen molar-refractivity contribution in [2.24, 2.45) is 28.6 Å². The third kappa shape index (κ3) is 1.94. The van der Waals surface area contributed by atoms with Gasteiger partial charge in [-0.2, -0.15) is 0 Å². The van der Waals surface area contributed by atoms with E-state index in [1.165, 1.54) is 37.7 Å². The van der Waals surface area contributed by atoms with Crippen molar-refractivity contribution in [1.82, 2.24) is 0 Å². The number of carbonyl (C=O) groups excluding carboxylic acids is 1. The smallest absolute Gasteiger partial charge is 0.158 e. The molecular formula is C21H30O2. The van der Waals surface area contributed by atoms with Crippen molar-refractivity contribution in [3.8, 4) is 0 Å². The molecule has 0 bridgehead atoms. The molecule has 2 nitrogen and oxygen atoms in total. The van der Waals surface area contributed by atoms with E-state index in [0.29, 0.717) is 17.8 Å². The monoisotopic (exact) mass is 314 g/mol. The highest BCUT2D eigenvalue weighted by molar-refractivity contribution is 5.92. The van der Waals surface area contributed by atoms with Gasteiger partial charge in [0.15, 0.2) is 5.78 Å². The maximum Gasteiger partial charge on any atom is 0.158 e. The first-order valence-electron chi connectivity index (χ1n) is 9.49. The molecule has 0 aliphatic heterocycles. The van der Waals surface area contributed by atoms with Crippen LogP contribution in [0, 0.1) is 28.6 Å². The molecule has 4 rings (SSSR count). The number of aliphatic hydroxyl groups excluding tert-OH is 1. The molecule has 1 N–H and O–H groups in total. The van der Waals surface area contributed by atoms with Gasteiger partial charge < -0.3 is 5.11 Å². The first kappa shape index (κ1) is 15.6. The van der Waals surface area contributed by atoms with Crippen LogP contribution < -0.4 is 0 Å². The minimum Gasteiger partial charge on any atom is -0.392 e. The normalized spacial score (nSPS) is 51.0. The summed E-state index contributed by atoms with van der Waals surface area (Å²) in [6, 6.07) is 0. The van der Waals surface area contributed by atoms with E-state index in [4.69, 9.17) is 0 Å². The SMILES string of the molecule is CC=C1CC[C@H]2[C@@H]3CCC4=CC(=O)CC(O)[C@]4(C)[C@H]3CC[C@]12C. The zero-order valence-corrected chi connectivity index (χ0v) is 14.8.